The van der Waals surface area contributed by atoms with Crippen molar-refractivity contribution in [3.63, 3.8) is 0 Å². The maximum Gasteiger partial charge on any atom is 0.262 e. The van der Waals surface area contributed by atoms with Crippen LogP contribution in [0.5, 0.6) is 0 Å². The molecule has 2 N–H and O–H groups in total. The van der Waals surface area contributed by atoms with Crippen LogP contribution < -0.4 is 10.2 Å². The molecule has 1 aromatic carbocycles. The number of aromatic amines is 1. The van der Waals surface area contributed by atoms with Gasteiger partial charge in [-0.05, 0) is 24.1 Å². The number of hydrogen-bond acceptors (Lipinski definition) is 5. The fraction of sp³-hybridized carbons (Fsp3) is 0.273. The Labute approximate surface area is 168 Å². The number of aromatic nitrogens is 1. The molecule has 1 saturated heterocycles. The molecule has 4 rings (SSSR count). The molecule has 1 amide bonds. The number of morpholine rings is 1. The van der Waals surface area contributed by atoms with Gasteiger partial charge in [0.15, 0.2) is 5.88 Å². The molecule has 29 heavy (non-hydrogen) atoms. The van der Waals surface area contributed by atoms with Crippen LogP contribution in [0.4, 0.5) is 5.88 Å². The van der Waals surface area contributed by atoms with Crippen molar-refractivity contribution in [2.75, 3.05) is 37.7 Å². The van der Waals surface area contributed by atoms with E-state index in [9.17, 15) is 10.1 Å². The Kier molecular flexibility index (Phi) is 5.63. The molecule has 1 aliphatic heterocycles. The van der Waals surface area contributed by atoms with E-state index < -0.39 is 5.91 Å². The number of rotatable bonds is 6. The molecule has 0 unspecified atom stereocenters. The number of anilines is 1. The van der Waals surface area contributed by atoms with Crippen LogP contribution in [0.15, 0.2) is 52.6 Å². The van der Waals surface area contributed by atoms with Gasteiger partial charge in [-0.2, -0.15) is 5.26 Å². The van der Waals surface area contributed by atoms with Gasteiger partial charge in [0.25, 0.3) is 5.91 Å². The molecule has 2 aromatic heterocycles. The van der Waals surface area contributed by atoms with Crippen LogP contribution >= 0.6 is 0 Å². The standard InChI is InChI=1S/C22H22N4O3/c23-14-17(13-18-5-6-21(29-18)26-9-11-28-12-10-26)22(27)24-8-7-16-15-25-20-4-2-1-3-19(16)20/h1-6,13,15,25H,7-12H2,(H,24,27)/b17-13-. The van der Waals surface area contributed by atoms with E-state index in [0.717, 1.165) is 35.4 Å². The second kappa shape index (κ2) is 8.67. The number of nitrogens with zero attached hydrogens (tertiary/aromatic N) is 2. The first kappa shape index (κ1) is 18.8. The van der Waals surface area contributed by atoms with E-state index in [0.29, 0.717) is 31.9 Å². The van der Waals surface area contributed by atoms with Gasteiger partial charge < -0.3 is 24.4 Å². The lowest BCUT2D eigenvalue weighted by molar-refractivity contribution is -0.117. The molecule has 0 saturated carbocycles. The largest absolute Gasteiger partial charge is 0.441 e. The molecule has 0 bridgehead atoms. The number of nitriles is 1. The molecule has 1 aliphatic rings. The van der Waals surface area contributed by atoms with Gasteiger partial charge in [0, 0.05) is 48.9 Å². The highest BCUT2D eigenvalue weighted by Gasteiger charge is 2.15. The summed E-state index contributed by atoms with van der Waals surface area (Å²) < 4.78 is 11.1. The molecule has 0 spiro atoms. The highest BCUT2D eigenvalue weighted by atomic mass is 16.5. The van der Waals surface area contributed by atoms with Crippen molar-refractivity contribution < 1.29 is 13.9 Å². The van der Waals surface area contributed by atoms with Gasteiger partial charge in [-0.25, -0.2) is 0 Å². The fourth-order valence-corrected chi connectivity index (χ4v) is 3.41. The summed E-state index contributed by atoms with van der Waals surface area (Å²) in [4.78, 5) is 17.7. The molecular formula is C22H22N4O3. The molecule has 0 atom stereocenters. The number of hydrogen-bond donors (Lipinski definition) is 2. The molecule has 7 nitrogen and oxygen atoms in total. The van der Waals surface area contributed by atoms with Crippen molar-refractivity contribution in [2.45, 2.75) is 6.42 Å². The minimum atomic E-state index is -0.406. The summed E-state index contributed by atoms with van der Waals surface area (Å²) >= 11 is 0. The van der Waals surface area contributed by atoms with Crippen LogP contribution in [0.3, 0.4) is 0 Å². The van der Waals surface area contributed by atoms with Gasteiger partial charge in [-0.1, -0.05) is 18.2 Å². The second-order valence-corrected chi connectivity index (χ2v) is 6.81. The first-order valence-corrected chi connectivity index (χ1v) is 9.62. The number of fused-ring (bicyclic) bond motifs is 1. The number of nitrogens with one attached hydrogen (secondary N) is 2. The van der Waals surface area contributed by atoms with Crippen molar-refractivity contribution >= 4 is 28.8 Å². The van der Waals surface area contributed by atoms with E-state index in [2.05, 4.69) is 15.2 Å². The van der Waals surface area contributed by atoms with E-state index in [1.807, 2.05) is 42.6 Å². The van der Waals surface area contributed by atoms with E-state index in [-0.39, 0.29) is 5.57 Å². The SMILES string of the molecule is N#C/C(=C/c1ccc(N2CCOCC2)o1)C(=O)NCCc1c[nH]c2ccccc12. The number of H-pyrrole nitrogens is 1. The molecule has 3 heterocycles. The van der Waals surface area contributed by atoms with Crippen LogP contribution in [-0.2, 0) is 16.0 Å². The lowest BCUT2D eigenvalue weighted by Gasteiger charge is -2.26. The minimum absolute atomic E-state index is 0.0202. The fourth-order valence-electron chi connectivity index (χ4n) is 3.41. The predicted molar refractivity (Wildman–Crippen MR) is 110 cm³/mol. The average molecular weight is 390 g/mol. The summed E-state index contributed by atoms with van der Waals surface area (Å²) in [6.07, 6.45) is 4.11. The van der Waals surface area contributed by atoms with Gasteiger partial charge in [-0.3, -0.25) is 4.79 Å². The van der Waals surface area contributed by atoms with Crippen molar-refractivity contribution in [3.8, 4) is 6.07 Å². The highest BCUT2D eigenvalue weighted by Crippen LogP contribution is 2.21. The third-order valence-electron chi connectivity index (χ3n) is 4.94. The Balaban J connectivity index is 1.36. The lowest BCUT2D eigenvalue weighted by Crippen LogP contribution is -2.35. The topological polar surface area (TPSA) is 94.3 Å². The number of furan rings is 1. The summed E-state index contributed by atoms with van der Waals surface area (Å²) in [6, 6.07) is 13.6. The summed E-state index contributed by atoms with van der Waals surface area (Å²) in [5.41, 5.74) is 2.22. The number of carbonyl (C=O) groups excluding carboxylic acids is 1. The monoisotopic (exact) mass is 390 g/mol. The van der Waals surface area contributed by atoms with Crippen LogP contribution in [0, 0.1) is 11.3 Å². The molecule has 3 aromatic rings. The van der Waals surface area contributed by atoms with Gasteiger partial charge in [0.2, 0.25) is 0 Å². The van der Waals surface area contributed by atoms with E-state index >= 15 is 0 Å². The lowest BCUT2D eigenvalue weighted by atomic mass is 10.1. The number of benzene rings is 1. The van der Waals surface area contributed by atoms with Crippen LogP contribution in [-0.4, -0.2) is 43.7 Å². The molecule has 148 valence electrons. The number of carbonyl (C=O) groups is 1. The Bertz CT molecular complexity index is 1070. The average Bonchev–Trinajstić information content (AvgIpc) is 3.40. The zero-order chi connectivity index (χ0) is 20.1. The Morgan fingerprint density at radius 2 is 2.07 bits per heavy atom. The predicted octanol–water partition coefficient (Wildman–Crippen LogP) is 2.86. The van der Waals surface area contributed by atoms with Crippen molar-refractivity contribution in [2.24, 2.45) is 0 Å². The molecule has 0 aliphatic carbocycles. The molecule has 0 radical (unpaired) electrons. The van der Waals surface area contributed by atoms with Gasteiger partial charge in [0.1, 0.15) is 17.4 Å². The first-order chi connectivity index (χ1) is 14.2. The van der Waals surface area contributed by atoms with Crippen molar-refractivity contribution in [3.05, 3.63) is 59.5 Å². The van der Waals surface area contributed by atoms with Crippen molar-refractivity contribution in [1.29, 1.82) is 5.26 Å². The summed E-state index contributed by atoms with van der Waals surface area (Å²) in [6.45, 7) is 3.28. The number of para-hydroxylation sites is 1. The van der Waals surface area contributed by atoms with E-state index in [1.165, 1.54) is 6.08 Å². The normalized spacial score (nSPS) is 14.7. The second-order valence-electron chi connectivity index (χ2n) is 6.81. The summed E-state index contributed by atoms with van der Waals surface area (Å²) in [5, 5.41) is 13.3. The van der Waals surface area contributed by atoms with Gasteiger partial charge in [0.05, 0.1) is 13.2 Å². The number of amides is 1. The maximum atomic E-state index is 12.4. The van der Waals surface area contributed by atoms with Gasteiger partial charge in [-0.15, -0.1) is 0 Å². The first-order valence-electron chi connectivity index (χ1n) is 9.62. The minimum Gasteiger partial charge on any atom is -0.441 e. The number of ether oxygens (including phenoxy) is 1. The van der Waals surface area contributed by atoms with Crippen molar-refractivity contribution in [1.82, 2.24) is 10.3 Å². The Morgan fingerprint density at radius 1 is 1.24 bits per heavy atom. The highest BCUT2D eigenvalue weighted by molar-refractivity contribution is 6.01. The third-order valence-corrected chi connectivity index (χ3v) is 4.94. The smallest absolute Gasteiger partial charge is 0.262 e. The van der Waals surface area contributed by atoms with Crippen LogP contribution in [0.25, 0.3) is 17.0 Å². The third kappa shape index (κ3) is 4.33. The van der Waals surface area contributed by atoms with Crippen LogP contribution in [0.2, 0.25) is 0 Å². The molecular weight excluding hydrogens is 368 g/mol. The quantitative estimate of drug-likeness (QED) is 0.499. The maximum absolute atomic E-state index is 12.4. The zero-order valence-corrected chi connectivity index (χ0v) is 16.0. The summed E-state index contributed by atoms with van der Waals surface area (Å²) in [7, 11) is 0. The van der Waals surface area contributed by atoms with Crippen LogP contribution in [0.1, 0.15) is 11.3 Å². The van der Waals surface area contributed by atoms with Gasteiger partial charge >= 0.3 is 0 Å². The zero-order valence-electron chi connectivity index (χ0n) is 16.0. The summed E-state index contributed by atoms with van der Waals surface area (Å²) in [5.74, 6) is 0.795. The molecule has 1 fully saturated rings. The molecule has 7 heteroatoms. The van der Waals surface area contributed by atoms with E-state index in [1.54, 1.807) is 6.07 Å². The van der Waals surface area contributed by atoms with E-state index in [4.69, 9.17) is 9.15 Å². The Morgan fingerprint density at radius 3 is 2.90 bits per heavy atom. The Hall–Kier alpha value is -3.50.